The fraction of sp³-hybridized carbons (Fsp3) is 0.889. The maximum atomic E-state index is 2.81. The zero-order valence-corrected chi connectivity index (χ0v) is 16.4. The molecule has 0 aliphatic heterocycles. The minimum atomic E-state index is -1.95. The number of hydrogen-bond donors (Lipinski definition) is 0. The van der Waals surface area contributed by atoms with Crippen molar-refractivity contribution in [3.63, 3.8) is 0 Å². The van der Waals surface area contributed by atoms with Gasteiger partial charge < -0.3 is 0 Å². The molecule has 0 saturated heterocycles. The van der Waals surface area contributed by atoms with Crippen molar-refractivity contribution in [2.45, 2.75) is 85.4 Å². The van der Waals surface area contributed by atoms with E-state index in [1.807, 2.05) is 0 Å². The second-order valence-electron chi connectivity index (χ2n) is 7.14. The Morgan fingerprint density at radius 2 is 1.37 bits per heavy atom. The van der Waals surface area contributed by atoms with E-state index in [2.05, 4.69) is 30.4 Å². The second kappa shape index (κ2) is 7.52. The molecule has 19 heavy (non-hydrogen) atoms. The molecule has 0 radical (unpaired) electrons. The summed E-state index contributed by atoms with van der Waals surface area (Å²) in [4.78, 5) is 0. The van der Waals surface area contributed by atoms with Gasteiger partial charge in [0.15, 0.2) is 0 Å². The van der Waals surface area contributed by atoms with Gasteiger partial charge in [-0.3, -0.25) is 0 Å². The van der Waals surface area contributed by atoms with Crippen LogP contribution in [0.25, 0.3) is 0 Å². The van der Waals surface area contributed by atoms with Crippen molar-refractivity contribution in [3.05, 3.63) is 9.67 Å². The topological polar surface area (TPSA) is 0 Å². The molecule has 0 aromatic heterocycles. The predicted molar refractivity (Wildman–Crippen MR) is 89.2 cm³/mol. The molecule has 1 saturated carbocycles. The van der Waals surface area contributed by atoms with Crippen molar-refractivity contribution < 1.29 is 0 Å². The number of rotatable bonds is 10. The van der Waals surface area contributed by atoms with Crippen molar-refractivity contribution in [2.75, 3.05) is 0 Å². The van der Waals surface area contributed by atoms with Crippen LogP contribution in [0, 0.1) is 11.8 Å². The van der Waals surface area contributed by atoms with Gasteiger partial charge in [0.1, 0.15) is 0 Å². The van der Waals surface area contributed by atoms with Gasteiger partial charge in [-0.2, -0.15) is 0 Å². The molecule has 110 valence electrons. The van der Waals surface area contributed by atoms with Crippen LogP contribution in [0.2, 0.25) is 13.3 Å². The standard InChI is InChI=1S/C6H7.3C4H9.Sn/c1-2-6-3-5(1)4-6;3*1-3-4-2;/h1,5-6H,3-4H2;3*1,3-4H2,2H3;. The first-order chi connectivity index (χ1) is 9.25. The van der Waals surface area contributed by atoms with E-state index >= 15 is 0 Å². The molecule has 0 nitrogen and oxygen atoms in total. The molecular formula is C18H34Sn. The van der Waals surface area contributed by atoms with Gasteiger partial charge in [0.2, 0.25) is 0 Å². The third-order valence-corrected chi connectivity index (χ3v) is 22.0. The van der Waals surface area contributed by atoms with Crippen LogP contribution < -0.4 is 0 Å². The summed E-state index contributed by atoms with van der Waals surface area (Å²) in [6.07, 6.45) is 14.7. The average molecular weight is 369 g/mol. The van der Waals surface area contributed by atoms with Crippen LogP contribution in [-0.2, 0) is 0 Å². The number of unbranched alkanes of at least 4 members (excludes halogenated alkanes) is 3. The Hall–Kier alpha value is 0.539. The molecule has 0 N–H and O–H groups in total. The summed E-state index contributed by atoms with van der Waals surface area (Å²) in [5.41, 5.74) is 0. The average Bonchev–Trinajstić information content (AvgIpc) is 2.98. The van der Waals surface area contributed by atoms with Gasteiger partial charge in [-0.05, 0) is 0 Å². The van der Waals surface area contributed by atoms with E-state index in [1.165, 1.54) is 38.5 Å². The number of hydrogen-bond acceptors (Lipinski definition) is 0. The molecule has 0 amide bonds. The summed E-state index contributed by atoms with van der Waals surface area (Å²) in [6, 6.07) is 0. The van der Waals surface area contributed by atoms with Crippen LogP contribution >= 0.6 is 0 Å². The molecule has 3 aliphatic rings. The number of allylic oxidation sites excluding steroid dienone is 2. The SMILES string of the molecule is CCC[CH2][Sn]([CH2]CCC)([CH2]CCC)[C]1=CC2CC1C2. The Morgan fingerprint density at radius 1 is 0.895 bits per heavy atom. The monoisotopic (exact) mass is 370 g/mol. The molecule has 3 aliphatic carbocycles. The second-order valence-corrected chi connectivity index (χ2v) is 20.4. The van der Waals surface area contributed by atoms with E-state index in [9.17, 15) is 0 Å². The summed E-state index contributed by atoms with van der Waals surface area (Å²) >= 11 is -1.95. The molecule has 0 heterocycles. The first-order valence-corrected chi connectivity index (χ1v) is 16.5. The summed E-state index contributed by atoms with van der Waals surface area (Å²) in [5.74, 6) is 2.12. The van der Waals surface area contributed by atoms with Crippen molar-refractivity contribution in [3.8, 4) is 0 Å². The molecule has 0 unspecified atom stereocenters. The minimum absolute atomic E-state index is 1.03. The Bertz CT molecular complexity index is 277. The van der Waals surface area contributed by atoms with Gasteiger partial charge in [-0.15, -0.1) is 0 Å². The molecule has 1 heteroatoms. The third-order valence-electron chi connectivity index (χ3n) is 5.67. The van der Waals surface area contributed by atoms with Gasteiger partial charge in [0.25, 0.3) is 0 Å². The van der Waals surface area contributed by atoms with Crippen molar-refractivity contribution in [2.24, 2.45) is 11.8 Å². The molecule has 0 aromatic rings. The Morgan fingerprint density at radius 3 is 1.68 bits per heavy atom. The van der Waals surface area contributed by atoms with Gasteiger partial charge in [0.05, 0.1) is 0 Å². The summed E-state index contributed by atoms with van der Waals surface area (Å²) in [5, 5.41) is 0. The first-order valence-electron chi connectivity index (χ1n) is 8.98. The van der Waals surface area contributed by atoms with Crippen LogP contribution in [0.3, 0.4) is 0 Å². The van der Waals surface area contributed by atoms with Crippen LogP contribution in [0.15, 0.2) is 9.67 Å². The molecule has 0 atom stereocenters. The third kappa shape index (κ3) is 3.60. The predicted octanol–water partition coefficient (Wildman–Crippen LogP) is 6.34. The van der Waals surface area contributed by atoms with E-state index in [4.69, 9.17) is 0 Å². The van der Waals surface area contributed by atoms with E-state index in [1.54, 1.807) is 26.2 Å². The zero-order chi connectivity index (χ0) is 13.7. The van der Waals surface area contributed by atoms with Crippen LogP contribution in [-0.4, -0.2) is 18.4 Å². The molecule has 0 spiro atoms. The van der Waals surface area contributed by atoms with Crippen LogP contribution in [0.5, 0.6) is 0 Å². The summed E-state index contributed by atoms with van der Waals surface area (Å²) in [7, 11) is 0. The summed E-state index contributed by atoms with van der Waals surface area (Å²) in [6.45, 7) is 7.16. The molecule has 1 fully saturated rings. The van der Waals surface area contributed by atoms with Crippen LogP contribution in [0.4, 0.5) is 0 Å². The fourth-order valence-corrected chi connectivity index (χ4v) is 22.7. The van der Waals surface area contributed by atoms with Crippen LogP contribution in [0.1, 0.15) is 72.1 Å². The first kappa shape index (κ1) is 15.9. The van der Waals surface area contributed by atoms with Gasteiger partial charge in [-0.1, -0.05) is 0 Å². The van der Waals surface area contributed by atoms with Crippen molar-refractivity contribution >= 4 is 18.4 Å². The summed E-state index contributed by atoms with van der Waals surface area (Å²) < 4.78 is 7.18. The van der Waals surface area contributed by atoms with E-state index in [-0.39, 0.29) is 0 Å². The van der Waals surface area contributed by atoms with Gasteiger partial charge in [-0.25, -0.2) is 0 Å². The van der Waals surface area contributed by atoms with E-state index in [0.29, 0.717) is 0 Å². The van der Waals surface area contributed by atoms with E-state index < -0.39 is 18.4 Å². The normalized spacial score (nSPS) is 25.3. The van der Waals surface area contributed by atoms with Crippen molar-refractivity contribution in [1.29, 1.82) is 0 Å². The van der Waals surface area contributed by atoms with E-state index in [0.717, 1.165) is 11.8 Å². The molecule has 3 rings (SSSR count). The fourth-order valence-electron chi connectivity index (χ4n) is 4.41. The van der Waals surface area contributed by atoms with Gasteiger partial charge in [0, 0.05) is 0 Å². The quantitative estimate of drug-likeness (QED) is 0.394. The zero-order valence-electron chi connectivity index (χ0n) is 13.5. The van der Waals surface area contributed by atoms with Crippen molar-refractivity contribution in [1.82, 2.24) is 0 Å². The molecule has 0 aromatic carbocycles. The Labute approximate surface area is 125 Å². The Kier molecular flexibility index (Phi) is 6.30. The molecular weight excluding hydrogens is 335 g/mol. The Balaban J connectivity index is 2.11. The van der Waals surface area contributed by atoms with Gasteiger partial charge >= 0.3 is 125 Å². The maximum absolute atomic E-state index is 2.81. The molecule has 2 bridgehead atoms.